The van der Waals surface area contributed by atoms with Crippen molar-refractivity contribution >= 4 is 21.7 Å². The van der Waals surface area contributed by atoms with Crippen molar-refractivity contribution in [2.24, 2.45) is 22.1 Å². The van der Waals surface area contributed by atoms with Crippen LogP contribution in [0.4, 0.5) is 13.2 Å². The first-order chi connectivity index (χ1) is 15.9. The van der Waals surface area contributed by atoms with Gasteiger partial charge in [-0.15, -0.1) is 0 Å². The molecule has 1 aliphatic heterocycles. The summed E-state index contributed by atoms with van der Waals surface area (Å²) in [7, 11) is 14.9. The Hall–Kier alpha value is -2.48. The van der Waals surface area contributed by atoms with Gasteiger partial charge in [-0.2, -0.15) is 13.2 Å². The van der Waals surface area contributed by atoms with Crippen LogP contribution < -0.4 is 5.73 Å². The van der Waals surface area contributed by atoms with Crippen molar-refractivity contribution in [2.75, 3.05) is 7.11 Å². The summed E-state index contributed by atoms with van der Waals surface area (Å²) in [5, 5.41) is -1.72. The third-order valence-corrected chi connectivity index (χ3v) is 7.87. The standard InChI is InChI=1S/C24H24B2F3N3O2/c1-13-9-21(6-5-19(13)33-2)10-15-4-3-14(16-7-17(12-31-11-16)23(27,28)29)8-18(15)22(21)24(25,26)34-20(30)32-22/h3-4,7-8,11-13,19H,5-6,9-10H2,1-2H3,(H2,30,32)/t13-,19-,21-,22+/m1/s1. The summed E-state index contributed by atoms with van der Waals surface area (Å²) in [5.41, 5.74) is 6.16. The topological polar surface area (TPSA) is 69.7 Å². The van der Waals surface area contributed by atoms with Gasteiger partial charge in [0.1, 0.15) is 21.2 Å². The minimum Gasteiger partial charge on any atom is -0.476 e. The Morgan fingerprint density at radius 3 is 2.56 bits per heavy atom. The second-order valence-corrected chi connectivity index (χ2v) is 9.84. The van der Waals surface area contributed by atoms with E-state index in [0.29, 0.717) is 17.5 Å². The van der Waals surface area contributed by atoms with Crippen LogP contribution in [0.1, 0.15) is 42.9 Å². The summed E-state index contributed by atoms with van der Waals surface area (Å²) in [6.07, 6.45) is 0.738. The first-order valence-electron chi connectivity index (χ1n) is 11.2. The highest BCUT2D eigenvalue weighted by Crippen LogP contribution is 2.65. The van der Waals surface area contributed by atoms with Crippen LogP contribution in [0, 0.1) is 11.3 Å². The second kappa shape index (κ2) is 7.51. The first kappa shape index (κ1) is 23.3. The Morgan fingerprint density at radius 1 is 1.18 bits per heavy atom. The van der Waals surface area contributed by atoms with Gasteiger partial charge >= 0.3 is 6.18 Å². The van der Waals surface area contributed by atoms with Crippen molar-refractivity contribution in [3.63, 3.8) is 0 Å². The number of methoxy groups -OCH3 is 1. The Balaban J connectivity index is 1.67. The molecule has 1 fully saturated rings. The number of amidine groups is 1. The smallest absolute Gasteiger partial charge is 0.417 e. The lowest BCUT2D eigenvalue weighted by Gasteiger charge is -2.53. The van der Waals surface area contributed by atoms with Gasteiger partial charge in [0.2, 0.25) is 0 Å². The van der Waals surface area contributed by atoms with Gasteiger partial charge in [-0.1, -0.05) is 19.1 Å². The largest absolute Gasteiger partial charge is 0.476 e. The molecule has 0 saturated heterocycles. The number of aromatic nitrogens is 1. The van der Waals surface area contributed by atoms with E-state index in [-0.39, 0.29) is 18.0 Å². The first-order valence-corrected chi connectivity index (χ1v) is 11.2. The number of alkyl halides is 3. The number of pyridine rings is 1. The second-order valence-electron chi connectivity index (χ2n) is 9.84. The van der Waals surface area contributed by atoms with Crippen LogP contribution in [0.15, 0.2) is 41.7 Å². The molecule has 34 heavy (non-hydrogen) atoms. The molecule has 174 valence electrons. The molecule has 2 aliphatic carbocycles. The van der Waals surface area contributed by atoms with Crippen molar-refractivity contribution in [2.45, 2.75) is 55.8 Å². The maximum Gasteiger partial charge on any atom is 0.417 e. The minimum atomic E-state index is -4.50. The van der Waals surface area contributed by atoms with Crippen LogP contribution >= 0.6 is 0 Å². The van der Waals surface area contributed by atoms with Crippen LogP contribution in [0.5, 0.6) is 0 Å². The average Bonchev–Trinajstić information content (AvgIpc) is 3.17. The van der Waals surface area contributed by atoms with E-state index in [1.165, 1.54) is 6.20 Å². The van der Waals surface area contributed by atoms with E-state index in [4.69, 9.17) is 35.9 Å². The van der Waals surface area contributed by atoms with Crippen molar-refractivity contribution in [3.05, 3.63) is 53.3 Å². The molecule has 0 unspecified atom stereocenters. The van der Waals surface area contributed by atoms with E-state index < -0.39 is 28.1 Å². The van der Waals surface area contributed by atoms with Gasteiger partial charge in [-0.25, -0.2) is 4.99 Å². The van der Waals surface area contributed by atoms with E-state index in [0.717, 1.165) is 42.7 Å². The molecular weight excluding hydrogens is 441 g/mol. The molecule has 2 aromatic rings. The number of nitrogens with zero attached hydrogens (tertiary/aromatic N) is 2. The Morgan fingerprint density at radius 2 is 1.94 bits per heavy atom. The molecule has 2 N–H and O–H groups in total. The zero-order valence-corrected chi connectivity index (χ0v) is 19.0. The average molecular weight is 465 g/mol. The fraction of sp³-hybridized carbons (Fsp3) is 0.500. The zero-order chi connectivity index (χ0) is 24.5. The number of halogens is 3. The fourth-order valence-corrected chi connectivity index (χ4v) is 6.50. The van der Waals surface area contributed by atoms with Crippen LogP contribution in [-0.4, -0.2) is 45.3 Å². The van der Waals surface area contributed by atoms with Crippen molar-refractivity contribution < 1.29 is 22.6 Å². The van der Waals surface area contributed by atoms with Gasteiger partial charge in [0.25, 0.3) is 6.02 Å². The summed E-state index contributed by atoms with van der Waals surface area (Å²) in [5.74, 6) is 0.213. The number of ether oxygens (including phenoxy) is 2. The third-order valence-electron chi connectivity index (χ3n) is 7.87. The van der Waals surface area contributed by atoms with Crippen LogP contribution in [0.3, 0.4) is 0 Å². The molecule has 2 heterocycles. The van der Waals surface area contributed by atoms with Gasteiger partial charge in [-0.05, 0) is 60.4 Å². The number of hydrogen-bond acceptors (Lipinski definition) is 5. The van der Waals surface area contributed by atoms with Crippen molar-refractivity contribution in [1.82, 2.24) is 4.98 Å². The number of hydrogen-bond donors (Lipinski definition) is 1. The minimum absolute atomic E-state index is 0.0927. The monoisotopic (exact) mass is 465 g/mol. The van der Waals surface area contributed by atoms with E-state index in [2.05, 4.69) is 11.9 Å². The van der Waals surface area contributed by atoms with Crippen LogP contribution in [-0.2, 0) is 27.6 Å². The number of benzene rings is 1. The van der Waals surface area contributed by atoms with Gasteiger partial charge in [-0.3, -0.25) is 4.98 Å². The van der Waals surface area contributed by atoms with Gasteiger partial charge in [0.15, 0.2) is 0 Å². The summed E-state index contributed by atoms with van der Waals surface area (Å²) < 4.78 is 51.2. The van der Waals surface area contributed by atoms with Crippen LogP contribution in [0.25, 0.3) is 11.1 Å². The normalized spacial score (nSPS) is 32.0. The molecular formula is C24H24B2F3N3O2. The molecule has 0 amide bonds. The lowest BCUT2D eigenvalue weighted by atomic mass is 9.44. The highest BCUT2D eigenvalue weighted by Gasteiger charge is 2.68. The predicted molar refractivity (Wildman–Crippen MR) is 123 cm³/mol. The lowest BCUT2D eigenvalue weighted by molar-refractivity contribution is -0.137. The number of fused-ring (bicyclic) bond motifs is 3. The zero-order valence-electron chi connectivity index (χ0n) is 19.0. The summed E-state index contributed by atoms with van der Waals surface area (Å²) >= 11 is 0. The molecule has 2 spiro atoms. The molecule has 3 aliphatic rings. The summed E-state index contributed by atoms with van der Waals surface area (Å²) in [4.78, 5) is 8.56. The quantitative estimate of drug-likeness (QED) is 0.688. The van der Waals surface area contributed by atoms with Gasteiger partial charge < -0.3 is 15.2 Å². The summed E-state index contributed by atoms with van der Waals surface area (Å²) in [6, 6.07) is 6.51. The number of aliphatic imine (C=N–C) groups is 1. The number of nitrogens with two attached hydrogens (primary N) is 1. The summed E-state index contributed by atoms with van der Waals surface area (Å²) in [6.45, 7) is 2.13. The van der Waals surface area contributed by atoms with Crippen LogP contribution in [0.2, 0.25) is 0 Å². The molecule has 4 radical (unpaired) electrons. The maximum absolute atomic E-state index is 13.3. The third kappa shape index (κ3) is 3.21. The van der Waals surface area contributed by atoms with Crippen molar-refractivity contribution in [1.29, 1.82) is 0 Å². The Bertz CT molecular complexity index is 1170. The maximum atomic E-state index is 13.3. The van der Waals surface area contributed by atoms with Gasteiger partial charge in [0.05, 0.1) is 17.1 Å². The molecule has 5 rings (SSSR count). The Kier molecular flexibility index (Phi) is 5.14. The Labute approximate surface area is 199 Å². The van der Waals surface area contributed by atoms with E-state index in [1.807, 2.05) is 12.1 Å². The van der Waals surface area contributed by atoms with Crippen molar-refractivity contribution in [3.8, 4) is 11.1 Å². The lowest BCUT2D eigenvalue weighted by Crippen LogP contribution is -2.60. The highest BCUT2D eigenvalue weighted by molar-refractivity contribution is 6.41. The number of rotatable bonds is 2. The van der Waals surface area contributed by atoms with E-state index in [1.54, 1.807) is 13.2 Å². The molecule has 1 saturated carbocycles. The molecule has 5 nitrogen and oxygen atoms in total. The molecule has 10 heteroatoms. The van der Waals surface area contributed by atoms with Gasteiger partial charge in [0, 0.05) is 30.5 Å². The molecule has 0 bridgehead atoms. The molecule has 1 aromatic heterocycles. The fourth-order valence-electron chi connectivity index (χ4n) is 6.50. The predicted octanol–water partition coefficient (Wildman–Crippen LogP) is 3.68. The highest BCUT2D eigenvalue weighted by atomic mass is 19.4. The molecule has 1 aromatic carbocycles. The molecule has 4 atom stereocenters. The SMILES string of the molecule is [B]C1([B])OC(N)=N[C@]12c1cc(-c3cncc(C(F)(F)F)c3)ccc1C[C@]21CC[C@@H](OC)[C@H](C)C1. The van der Waals surface area contributed by atoms with E-state index >= 15 is 0 Å². The van der Waals surface area contributed by atoms with E-state index in [9.17, 15) is 13.2 Å².